The van der Waals surface area contributed by atoms with Crippen molar-refractivity contribution in [2.75, 3.05) is 4.90 Å². The van der Waals surface area contributed by atoms with Crippen molar-refractivity contribution in [2.45, 2.75) is 6.61 Å². The Labute approximate surface area is 188 Å². The maximum absolute atomic E-state index is 12.7. The monoisotopic (exact) mass is 448 g/mol. The number of imide groups is 1. The number of aromatic carboxylic acids is 1. The Balaban J connectivity index is 1.43. The third-order valence-corrected chi connectivity index (χ3v) is 4.99. The zero-order valence-corrected chi connectivity index (χ0v) is 17.4. The number of benzene rings is 3. The summed E-state index contributed by atoms with van der Waals surface area (Å²) in [7, 11) is 0. The molecule has 160 valence electrons. The second-order valence-electron chi connectivity index (χ2n) is 6.97. The van der Waals surface area contributed by atoms with Crippen LogP contribution in [0.3, 0.4) is 0 Å². The molecule has 32 heavy (non-hydrogen) atoms. The summed E-state index contributed by atoms with van der Waals surface area (Å²) in [5.41, 5.74) is 2.22. The van der Waals surface area contributed by atoms with Gasteiger partial charge in [-0.2, -0.15) is 0 Å². The number of ether oxygens (including phenoxy) is 1. The molecule has 0 unspecified atom stereocenters. The van der Waals surface area contributed by atoms with E-state index in [1.807, 2.05) is 0 Å². The van der Waals surface area contributed by atoms with Crippen LogP contribution in [0.2, 0.25) is 5.02 Å². The van der Waals surface area contributed by atoms with Gasteiger partial charge in [-0.15, -0.1) is 0 Å². The van der Waals surface area contributed by atoms with Gasteiger partial charge in [0.1, 0.15) is 18.1 Å². The van der Waals surface area contributed by atoms with E-state index in [4.69, 9.17) is 21.4 Å². The molecule has 0 bridgehead atoms. The number of hydrogen-bond acceptors (Lipinski definition) is 4. The van der Waals surface area contributed by atoms with Crippen LogP contribution in [0, 0.1) is 0 Å². The average Bonchev–Trinajstić information content (AvgIpc) is 3.07. The average molecular weight is 449 g/mol. The smallest absolute Gasteiger partial charge is 0.335 e. The minimum atomic E-state index is -0.993. The van der Waals surface area contributed by atoms with E-state index in [-0.39, 0.29) is 17.9 Å². The molecule has 0 aliphatic carbocycles. The van der Waals surface area contributed by atoms with Crippen LogP contribution in [0.15, 0.2) is 78.5 Å². The van der Waals surface area contributed by atoms with E-state index in [2.05, 4.69) is 5.32 Å². The predicted octanol–water partition coefficient (Wildman–Crippen LogP) is 4.71. The lowest BCUT2D eigenvalue weighted by atomic mass is 10.1. The van der Waals surface area contributed by atoms with Crippen LogP contribution in [-0.2, 0) is 11.4 Å². The molecule has 0 spiro atoms. The van der Waals surface area contributed by atoms with Gasteiger partial charge in [0.15, 0.2) is 0 Å². The van der Waals surface area contributed by atoms with Gasteiger partial charge in [0.25, 0.3) is 5.91 Å². The zero-order valence-electron chi connectivity index (χ0n) is 16.6. The van der Waals surface area contributed by atoms with Crippen molar-refractivity contribution in [1.82, 2.24) is 5.32 Å². The van der Waals surface area contributed by atoms with Crippen molar-refractivity contribution in [3.63, 3.8) is 0 Å². The van der Waals surface area contributed by atoms with Gasteiger partial charge in [0.2, 0.25) is 0 Å². The number of nitrogens with one attached hydrogen (secondary N) is 1. The fraction of sp³-hybridized carbons (Fsp3) is 0.0417. The summed E-state index contributed by atoms with van der Waals surface area (Å²) >= 11 is 5.87. The van der Waals surface area contributed by atoms with Crippen LogP contribution in [0.5, 0.6) is 5.75 Å². The number of carboxylic acids is 1. The summed E-state index contributed by atoms with van der Waals surface area (Å²) in [6.45, 7) is 0.214. The molecule has 1 heterocycles. The molecule has 0 aromatic heterocycles. The first-order valence-corrected chi connectivity index (χ1v) is 9.96. The van der Waals surface area contributed by atoms with Crippen LogP contribution >= 0.6 is 11.6 Å². The molecule has 8 heteroatoms. The second-order valence-corrected chi connectivity index (χ2v) is 7.40. The minimum Gasteiger partial charge on any atom is -0.489 e. The van der Waals surface area contributed by atoms with Crippen molar-refractivity contribution in [1.29, 1.82) is 0 Å². The Morgan fingerprint density at radius 3 is 2.44 bits per heavy atom. The number of carbonyl (C=O) groups excluding carboxylic acids is 2. The SMILES string of the molecule is O=C(O)c1cccc(COc2ccc(/C=C3/NC(=O)N(c4ccc(Cl)cc4)C3=O)cc2)c1. The molecule has 1 aliphatic rings. The highest BCUT2D eigenvalue weighted by atomic mass is 35.5. The van der Waals surface area contributed by atoms with Gasteiger partial charge in [0.05, 0.1) is 11.3 Å². The molecule has 7 nitrogen and oxygen atoms in total. The maximum Gasteiger partial charge on any atom is 0.335 e. The van der Waals surface area contributed by atoms with Crippen LogP contribution < -0.4 is 15.0 Å². The van der Waals surface area contributed by atoms with Crippen molar-refractivity contribution in [3.05, 3.63) is 100 Å². The molecule has 4 rings (SSSR count). The highest BCUT2D eigenvalue weighted by Gasteiger charge is 2.34. The van der Waals surface area contributed by atoms with Crippen LogP contribution in [-0.4, -0.2) is 23.0 Å². The molecule has 0 atom stereocenters. The number of anilines is 1. The molecular weight excluding hydrogens is 432 g/mol. The second kappa shape index (κ2) is 8.95. The van der Waals surface area contributed by atoms with Crippen LogP contribution in [0.1, 0.15) is 21.5 Å². The predicted molar refractivity (Wildman–Crippen MR) is 120 cm³/mol. The Morgan fingerprint density at radius 1 is 1.03 bits per heavy atom. The third-order valence-electron chi connectivity index (χ3n) is 4.73. The number of hydrogen-bond donors (Lipinski definition) is 2. The Bertz CT molecular complexity index is 1220. The molecule has 3 aromatic rings. The standard InChI is InChI=1S/C24H17ClN2O5/c25-18-6-8-19(9-7-18)27-22(28)21(26-24(27)31)13-15-4-10-20(11-5-15)32-14-16-2-1-3-17(12-16)23(29)30/h1-13H,14H2,(H,26,31)(H,29,30)/b21-13+. The van der Waals surface area contributed by atoms with E-state index >= 15 is 0 Å². The van der Waals surface area contributed by atoms with E-state index in [0.29, 0.717) is 22.0 Å². The van der Waals surface area contributed by atoms with Crippen LogP contribution in [0.4, 0.5) is 10.5 Å². The summed E-state index contributed by atoms with van der Waals surface area (Å²) in [5, 5.41) is 12.1. The number of halogens is 1. The maximum atomic E-state index is 12.7. The molecule has 2 N–H and O–H groups in total. The summed E-state index contributed by atoms with van der Waals surface area (Å²) in [6.07, 6.45) is 1.58. The number of carbonyl (C=O) groups is 3. The molecular formula is C24H17ClN2O5. The molecule has 0 radical (unpaired) electrons. The highest BCUT2D eigenvalue weighted by Crippen LogP contribution is 2.24. The van der Waals surface area contributed by atoms with Gasteiger partial charge < -0.3 is 15.2 Å². The van der Waals surface area contributed by atoms with E-state index < -0.39 is 17.9 Å². The number of carboxylic acid groups (broad SMARTS) is 1. The lowest BCUT2D eigenvalue weighted by molar-refractivity contribution is -0.113. The molecule has 3 aromatic carbocycles. The fourth-order valence-corrected chi connectivity index (χ4v) is 3.27. The van der Waals surface area contributed by atoms with E-state index in [9.17, 15) is 14.4 Å². The van der Waals surface area contributed by atoms with Crippen LogP contribution in [0.25, 0.3) is 6.08 Å². The first kappa shape index (κ1) is 21.1. The topological polar surface area (TPSA) is 95.9 Å². The van der Waals surface area contributed by atoms with E-state index in [0.717, 1.165) is 10.5 Å². The Morgan fingerprint density at radius 2 is 1.75 bits per heavy atom. The number of amides is 3. The molecule has 1 aliphatic heterocycles. The molecule has 0 saturated carbocycles. The number of nitrogens with zero attached hydrogens (tertiary/aromatic N) is 1. The quantitative estimate of drug-likeness (QED) is 0.420. The molecule has 1 fully saturated rings. The van der Waals surface area contributed by atoms with Crippen molar-refractivity contribution >= 4 is 41.3 Å². The third kappa shape index (κ3) is 4.63. The van der Waals surface area contributed by atoms with Gasteiger partial charge in [-0.3, -0.25) is 4.79 Å². The van der Waals surface area contributed by atoms with E-state index in [1.165, 1.54) is 6.07 Å². The summed E-state index contributed by atoms with van der Waals surface area (Å²) < 4.78 is 5.71. The van der Waals surface area contributed by atoms with Crippen molar-refractivity contribution < 1.29 is 24.2 Å². The number of rotatable bonds is 6. The molecule has 1 saturated heterocycles. The summed E-state index contributed by atoms with van der Waals surface area (Å²) in [5.74, 6) is -0.874. The summed E-state index contributed by atoms with van der Waals surface area (Å²) in [6, 6.07) is 19.4. The lowest BCUT2D eigenvalue weighted by Crippen LogP contribution is -2.30. The van der Waals surface area contributed by atoms with Crippen molar-refractivity contribution in [3.8, 4) is 5.75 Å². The van der Waals surface area contributed by atoms with Gasteiger partial charge in [-0.05, 0) is 65.7 Å². The van der Waals surface area contributed by atoms with Gasteiger partial charge in [-0.1, -0.05) is 35.9 Å². The number of urea groups is 1. The Hall–Kier alpha value is -4.10. The zero-order chi connectivity index (χ0) is 22.7. The first-order valence-electron chi connectivity index (χ1n) is 9.58. The van der Waals surface area contributed by atoms with Gasteiger partial charge in [-0.25, -0.2) is 14.5 Å². The highest BCUT2D eigenvalue weighted by molar-refractivity contribution is 6.31. The minimum absolute atomic E-state index is 0.157. The fourth-order valence-electron chi connectivity index (χ4n) is 3.15. The van der Waals surface area contributed by atoms with Crippen molar-refractivity contribution in [2.24, 2.45) is 0 Å². The lowest BCUT2D eigenvalue weighted by Gasteiger charge is -2.11. The summed E-state index contributed by atoms with van der Waals surface area (Å²) in [4.78, 5) is 37.1. The van der Waals surface area contributed by atoms with E-state index in [1.54, 1.807) is 72.8 Å². The van der Waals surface area contributed by atoms with Gasteiger partial charge >= 0.3 is 12.0 Å². The molecule has 3 amide bonds. The Kier molecular flexibility index (Phi) is 5.91. The first-order chi connectivity index (χ1) is 15.4. The normalized spacial score (nSPS) is 14.5. The van der Waals surface area contributed by atoms with Gasteiger partial charge in [0, 0.05) is 5.02 Å². The largest absolute Gasteiger partial charge is 0.489 e.